The first-order chi connectivity index (χ1) is 10.6. The van der Waals surface area contributed by atoms with Gasteiger partial charge in [0, 0.05) is 37.9 Å². The SMILES string of the molecule is CCc1nnc(CN2CCC[C@@]3(CCC(=O)N(CC)C3)C2)o1. The standard InChI is InChI=1S/C16H26N4O2/c1-3-13-17-18-14(22-13)10-19-9-5-7-16(11-19)8-6-15(21)20(4-2)12-16/h3-12H2,1-2H3/t16-/m1/s1. The van der Waals surface area contributed by atoms with Gasteiger partial charge in [-0.25, -0.2) is 0 Å². The largest absolute Gasteiger partial charge is 0.424 e. The molecule has 1 aromatic heterocycles. The fourth-order valence-corrected chi connectivity index (χ4v) is 3.86. The first kappa shape index (κ1) is 15.5. The average Bonchev–Trinajstić information content (AvgIpc) is 2.98. The van der Waals surface area contributed by atoms with Crippen LogP contribution >= 0.6 is 0 Å². The molecule has 1 atom stereocenters. The van der Waals surface area contributed by atoms with Crippen LogP contribution in [0.1, 0.15) is 51.3 Å². The third-order valence-electron chi connectivity index (χ3n) is 5.04. The minimum Gasteiger partial charge on any atom is -0.424 e. The zero-order valence-electron chi connectivity index (χ0n) is 13.7. The molecule has 0 aromatic carbocycles. The summed E-state index contributed by atoms with van der Waals surface area (Å²) in [5.74, 6) is 1.74. The van der Waals surface area contributed by atoms with Gasteiger partial charge in [0.2, 0.25) is 17.7 Å². The second-order valence-corrected chi connectivity index (χ2v) is 6.67. The molecule has 1 spiro atoms. The first-order valence-corrected chi connectivity index (χ1v) is 8.45. The topological polar surface area (TPSA) is 62.5 Å². The number of likely N-dealkylation sites (tertiary alicyclic amines) is 2. The van der Waals surface area contributed by atoms with Gasteiger partial charge in [0.15, 0.2) is 0 Å². The maximum Gasteiger partial charge on any atom is 0.230 e. The Morgan fingerprint density at radius 3 is 2.73 bits per heavy atom. The Hall–Kier alpha value is -1.43. The van der Waals surface area contributed by atoms with Crippen LogP contribution in [0.3, 0.4) is 0 Å². The van der Waals surface area contributed by atoms with Crippen LogP contribution in [-0.4, -0.2) is 52.1 Å². The molecule has 1 aromatic rings. The van der Waals surface area contributed by atoms with Crippen molar-refractivity contribution in [3.8, 4) is 0 Å². The average molecular weight is 306 g/mol. The van der Waals surface area contributed by atoms with Gasteiger partial charge in [-0.05, 0) is 32.7 Å². The monoisotopic (exact) mass is 306 g/mol. The molecule has 0 aliphatic carbocycles. The molecule has 2 fully saturated rings. The number of hydrogen-bond acceptors (Lipinski definition) is 5. The van der Waals surface area contributed by atoms with E-state index in [1.807, 2.05) is 11.8 Å². The van der Waals surface area contributed by atoms with Crippen molar-refractivity contribution >= 4 is 5.91 Å². The van der Waals surface area contributed by atoms with Crippen LogP contribution in [0.25, 0.3) is 0 Å². The quantitative estimate of drug-likeness (QED) is 0.849. The predicted molar refractivity (Wildman–Crippen MR) is 82.1 cm³/mol. The van der Waals surface area contributed by atoms with Crippen LogP contribution < -0.4 is 0 Å². The molecule has 0 N–H and O–H groups in total. The number of carbonyl (C=O) groups excluding carboxylic acids is 1. The molecule has 0 saturated carbocycles. The van der Waals surface area contributed by atoms with E-state index in [1.165, 1.54) is 12.8 Å². The third-order valence-corrected chi connectivity index (χ3v) is 5.04. The van der Waals surface area contributed by atoms with Gasteiger partial charge in [-0.15, -0.1) is 10.2 Å². The molecule has 1 amide bonds. The molecule has 2 saturated heterocycles. The van der Waals surface area contributed by atoms with Gasteiger partial charge in [0.05, 0.1) is 6.54 Å². The molecule has 0 radical (unpaired) electrons. The maximum atomic E-state index is 11.9. The van der Waals surface area contributed by atoms with Crippen molar-refractivity contribution in [1.82, 2.24) is 20.0 Å². The number of aromatic nitrogens is 2. The Balaban J connectivity index is 1.64. The van der Waals surface area contributed by atoms with Crippen molar-refractivity contribution in [2.75, 3.05) is 26.2 Å². The number of piperidine rings is 2. The molecule has 0 unspecified atom stereocenters. The van der Waals surface area contributed by atoms with E-state index >= 15 is 0 Å². The highest BCUT2D eigenvalue weighted by Crippen LogP contribution is 2.39. The van der Waals surface area contributed by atoms with E-state index < -0.39 is 0 Å². The summed E-state index contributed by atoms with van der Waals surface area (Å²) in [6.45, 7) is 8.65. The highest BCUT2D eigenvalue weighted by atomic mass is 16.4. The van der Waals surface area contributed by atoms with Crippen LogP contribution in [0.15, 0.2) is 4.42 Å². The summed E-state index contributed by atoms with van der Waals surface area (Å²) < 4.78 is 5.64. The molecule has 122 valence electrons. The molecular weight excluding hydrogens is 280 g/mol. The highest BCUT2D eigenvalue weighted by molar-refractivity contribution is 5.77. The second-order valence-electron chi connectivity index (χ2n) is 6.67. The molecule has 3 heterocycles. The van der Waals surface area contributed by atoms with E-state index in [9.17, 15) is 4.79 Å². The Bertz CT molecular complexity index is 530. The van der Waals surface area contributed by atoms with E-state index in [2.05, 4.69) is 22.0 Å². The minimum absolute atomic E-state index is 0.260. The normalized spacial score (nSPS) is 26.8. The summed E-state index contributed by atoms with van der Waals surface area (Å²) in [5, 5.41) is 8.18. The van der Waals surface area contributed by atoms with Gasteiger partial charge in [-0.1, -0.05) is 6.92 Å². The lowest BCUT2D eigenvalue weighted by Gasteiger charge is -2.48. The Kier molecular flexibility index (Phi) is 4.47. The molecule has 2 aliphatic heterocycles. The fourth-order valence-electron chi connectivity index (χ4n) is 3.86. The van der Waals surface area contributed by atoms with Crippen LogP contribution in [0.2, 0.25) is 0 Å². The van der Waals surface area contributed by atoms with E-state index in [1.54, 1.807) is 0 Å². The number of hydrogen-bond donors (Lipinski definition) is 0. The summed E-state index contributed by atoms with van der Waals surface area (Å²) >= 11 is 0. The number of aryl methyl sites for hydroxylation is 1. The van der Waals surface area contributed by atoms with E-state index in [0.717, 1.165) is 45.6 Å². The van der Waals surface area contributed by atoms with Crippen molar-refractivity contribution < 1.29 is 9.21 Å². The lowest BCUT2D eigenvalue weighted by molar-refractivity contribution is -0.139. The van der Waals surface area contributed by atoms with Crippen LogP contribution in [-0.2, 0) is 17.8 Å². The summed E-state index contributed by atoms with van der Waals surface area (Å²) in [6.07, 6.45) is 4.90. The molecule has 6 heteroatoms. The minimum atomic E-state index is 0.260. The van der Waals surface area contributed by atoms with Crippen molar-refractivity contribution in [3.05, 3.63) is 11.8 Å². The molecule has 2 aliphatic rings. The second kappa shape index (κ2) is 6.36. The van der Waals surface area contributed by atoms with Crippen molar-refractivity contribution in [1.29, 1.82) is 0 Å². The van der Waals surface area contributed by atoms with Gasteiger partial charge in [-0.2, -0.15) is 0 Å². The molecule has 3 rings (SSSR count). The number of amides is 1. The lowest BCUT2D eigenvalue weighted by Crippen LogP contribution is -2.53. The van der Waals surface area contributed by atoms with Gasteiger partial charge in [0.1, 0.15) is 0 Å². The zero-order chi connectivity index (χ0) is 15.6. The molecule has 0 bridgehead atoms. The maximum absolute atomic E-state index is 11.9. The summed E-state index contributed by atoms with van der Waals surface area (Å²) in [7, 11) is 0. The summed E-state index contributed by atoms with van der Waals surface area (Å²) in [5.41, 5.74) is 0.260. The zero-order valence-corrected chi connectivity index (χ0v) is 13.7. The predicted octanol–water partition coefficient (Wildman–Crippen LogP) is 1.86. The van der Waals surface area contributed by atoms with E-state index in [-0.39, 0.29) is 5.41 Å². The Labute approximate surface area is 131 Å². The lowest BCUT2D eigenvalue weighted by atomic mass is 9.73. The molecular formula is C16H26N4O2. The van der Waals surface area contributed by atoms with Gasteiger partial charge >= 0.3 is 0 Å². The van der Waals surface area contributed by atoms with Crippen LogP contribution in [0.5, 0.6) is 0 Å². The van der Waals surface area contributed by atoms with Gasteiger partial charge < -0.3 is 9.32 Å². The number of carbonyl (C=O) groups is 1. The number of nitrogens with zero attached hydrogens (tertiary/aromatic N) is 4. The highest BCUT2D eigenvalue weighted by Gasteiger charge is 2.41. The smallest absolute Gasteiger partial charge is 0.230 e. The third kappa shape index (κ3) is 3.16. The first-order valence-electron chi connectivity index (χ1n) is 8.45. The summed E-state index contributed by atoms with van der Waals surface area (Å²) in [6, 6.07) is 0. The van der Waals surface area contributed by atoms with Crippen molar-refractivity contribution in [2.45, 2.75) is 52.5 Å². The Morgan fingerprint density at radius 1 is 1.18 bits per heavy atom. The van der Waals surface area contributed by atoms with E-state index in [0.29, 0.717) is 24.1 Å². The van der Waals surface area contributed by atoms with Gasteiger partial charge in [0.25, 0.3) is 0 Å². The fraction of sp³-hybridized carbons (Fsp3) is 0.812. The number of rotatable bonds is 4. The van der Waals surface area contributed by atoms with Crippen molar-refractivity contribution in [2.24, 2.45) is 5.41 Å². The Morgan fingerprint density at radius 2 is 2.00 bits per heavy atom. The molecule has 6 nitrogen and oxygen atoms in total. The van der Waals surface area contributed by atoms with Gasteiger partial charge in [-0.3, -0.25) is 9.69 Å². The summed E-state index contributed by atoms with van der Waals surface area (Å²) in [4.78, 5) is 16.4. The van der Waals surface area contributed by atoms with E-state index in [4.69, 9.17) is 4.42 Å². The molecule has 22 heavy (non-hydrogen) atoms. The van der Waals surface area contributed by atoms with Crippen LogP contribution in [0, 0.1) is 5.41 Å². The van der Waals surface area contributed by atoms with Crippen molar-refractivity contribution in [3.63, 3.8) is 0 Å². The van der Waals surface area contributed by atoms with Crippen LogP contribution in [0.4, 0.5) is 0 Å².